The highest BCUT2D eigenvalue weighted by Crippen LogP contribution is 2.31. The van der Waals surface area contributed by atoms with Crippen LogP contribution < -0.4 is 10.6 Å². The van der Waals surface area contributed by atoms with E-state index in [0.717, 1.165) is 17.7 Å². The summed E-state index contributed by atoms with van der Waals surface area (Å²) in [6.45, 7) is 2.82. The zero-order valence-corrected chi connectivity index (χ0v) is 16.4. The summed E-state index contributed by atoms with van der Waals surface area (Å²) < 4.78 is 43.8. The van der Waals surface area contributed by atoms with E-state index in [0.29, 0.717) is 37.6 Å². The van der Waals surface area contributed by atoms with E-state index in [2.05, 4.69) is 0 Å². The normalized spacial score (nSPS) is 14.5. The van der Waals surface area contributed by atoms with Gasteiger partial charge >= 0.3 is 12.1 Å². The summed E-state index contributed by atoms with van der Waals surface area (Å²) in [6, 6.07) is 9.88. The number of halogens is 3. The molecule has 160 valence electrons. The van der Waals surface area contributed by atoms with E-state index >= 15 is 0 Å². The number of aryl methyl sites for hydroxylation is 1. The molecule has 1 saturated heterocycles. The fourth-order valence-corrected chi connectivity index (χ4v) is 3.16. The molecule has 1 fully saturated rings. The average molecular weight is 421 g/mol. The molecule has 1 amide bonds. The smallest absolute Gasteiger partial charge is 0.416 e. The van der Waals surface area contributed by atoms with E-state index < -0.39 is 24.3 Å². The third-order valence-corrected chi connectivity index (χ3v) is 5.01. The van der Waals surface area contributed by atoms with Gasteiger partial charge in [0.15, 0.2) is 6.61 Å². The molecule has 1 aliphatic heterocycles. The Morgan fingerprint density at radius 2 is 1.77 bits per heavy atom. The van der Waals surface area contributed by atoms with Crippen LogP contribution in [0.5, 0.6) is 0 Å². The molecule has 30 heavy (non-hydrogen) atoms. The van der Waals surface area contributed by atoms with Crippen molar-refractivity contribution >= 4 is 23.3 Å². The molecule has 0 spiro atoms. The molecule has 2 N–H and O–H groups in total. The summed E-state index contributed by atoms with van der Waals surface area (Å²) in [5.41, 5.74) is 7.09. The van der Waals surface area contributed by atoms with Crippen molar-refractivity contribution in [3.8, 4) is 0 Å². The van der Waals surface area contributed by atoms with Crippen LogP contribution in [0, 0.1) is 6.92 Å². The van der Waals surface area contributed by atoms with Crippen molar-refractivity contribution in [1.82, 2.24) is 4.90 Å². The molecule has 6 nitrogen and oxygen atoms in total. The van der Waals surface area contributed by atoms with Crippen LogP contribution in [0.15, 0.2) is 42.5 Å². The monoisotopic (exact) mass is 421 g/mol. The van der Waals surface area contributed by atoms with Crippen molar-refractivity contribution in [2.45, 2.75) is 13.1 Å². The fraction of sp³-hybridized carbons (Fsp3) is 0.333. The number of rotatable bonds is 4. The fourth-order valence-electron chi connectivity index (χ4n) is 3.16. The maximum absolute atomic E-state index is 12.9. The topological polar surface area (TPSA) is 75.9 Å². The minimum atomic E-state index is -4.40. The lowest BCUT2D eigenvalue weighted by molar-refractivity contribution is -0.137. The number of nitrogen functional groups attached to an aromatic ring is 1. The number of ether oxygens (including phenoxy) is 1. The summed E-state index contributed by atoms with van der Waals surface area (Å²) in [5.74, 6) is -0.996. The number of piperazine rings is 1. The first-order chi connectivity index (χ1) is 14.1. The van der Waals surface area contributed by atoms with Gasteiger partial charge in [-0.05, 0) is 42.8 Å². The van der Waals surface area contributed by atoms with Gasteiger partial charge in [0.1, 0.15) is 0 Å². The highest BCUT2D eigenvalue weighted by Gasteiger charge is 2.31. The molecule has 2 aromatic rings. The van der Waals surface area contributed by atoms with Gasteiger partial charge in [-0.15, -0.1) is 0 Å². The van der Waals surface area contributed by atoms with Crippen molar-refractivity contribution in [2.24, 2.45) is 0 Å². The van der Waals surface area contributed by atoms with Gasteiger partial charge in [-0.25, -0.2) is 4.79 Å². The van der Waals surface area contributed by atoms with Crippen molar-refractivity contribution in [1.29, 1.82) is 0 Å². The summed E-state index contributed by atoms with van der Waals surface area (Å²) in [6.07, 6.45) is -4.40. The standard InChI is InChI=1S/C21H22F3N3O3/c1-14-5-6-15(11-18(14)25)20(29)30-13-19(28)27-9-7-26(8-10-27)17-4-2-3-16(12-17)21(22,23)24/h2-6,11-12H,7-10,13,25H2,1H3. The Kier molecular flexibility index (Phi) is 6.19. The summed E-state index contributed by atoms with van der Waals surface area (Å²) in [4.78, 5) is 27.8. The molecule has 9 heteroatoms. The van der Waals surface area contributed by atoms with Gasteiger partial charge in [-0.2, -0.15) is 13.2 Å². The van der Waals surface area contributed by atoms with E-state index in [9.17, 15) is 22.8 Å². The lowest BCUT2D eigenvalue weighted by Gasteiger charge is -2.36. The second kappa shape index (κ2) is 8.64. The third kappa shape index (κ3) is 5.03. The van der Waals surface area contributed by atoms with E-state index in [1.165, 1.54) is 17.0 Å². The molecule has 0 atom stereocenters. The van der Waals surface area contributed by atoms with Crippen LogP contribution in [-0.4, -0.2) is 49.6 Å². The van der Waals surface area contributed by atoms with E-state index in [-0.39, 0.29) is 11.5 Å². The zero-order valence-electron chi connectivity index (χ0n) is 16.4. The molecule has 1 aliphatic rings. The van der Waals surface area contributed by atoms with Crippen LogP contribution in [0.1, 0.15) is 21.5 Å². The minimum Gasteiger partial charge on any atom is -0.452 e. The summed E-state index contributed by atoms with van der Waals surface area (Å²) in [5, 5.41) is 0. The molecule has 0 aromatic heterocycles. The van der Waals surface area contributed by atoms with Crippen LogP contribution in [0.2, 0.25) is 0 Å². The Morgan fingerprint density at radius 3 is 2.40 bits per heavy atom. The predicted molar refractivity (Wildman–Crippen MR) is 106 cm³/mol. The minimum absolute atomic E-state index is 0.264. The highest BCUT2D eigenvalue weighted by atomic mass is 19.4. The van der Waals surface area contributed by atoms with E-state index in [4.69, 9.17) is 10.5 Å². The number of hydrogen-bond donors (Lipinski definition) is 1. The maximum Gasteiger partial charge on any atom is 0.416 e. The maximum atomic E-state index is 12.9. The Hall–Kier alpha value is -3.23. The Bertz CT molecular complexity index is 939. The number of esters is 1. The SMILES string of the molecule is Cc1ccc(C(=O)OCC(=O)N2CCN(c3cccc(C(F)(F)F)c3)CC2)cc1N. The Morgan fingerprint density at radius 1 is 1.07 bits per heavy atom. The van der Waals surface area contributed by atoms with Crippen molar-refractivity contribution in [2.75, 3.05) is 43.4 Å². The molecule has 3 rings (SSSR count). The molecular weight excluding hydrogens is 399 g/mol. The van der Waals surface area contributed by atoms with Crippen LogP contribution in [0.25, 0.3) is 0 Å². The molecule has 0 bridgehead atoms. The largest absolute Gasteiger partial charge is 0.452 e. The number of alkyl halides is 3. The molecule has 0 radical (unpaired) electrons. The molecule has 0 saturated carbocycles. The third-order valence-electron chi connectivity index (χ3n) is 5.01. The first-order valence-electron chi connectivity index (χ1n) is 9.38. The number of carbonyl (C=O) groups is 2. The molecular formula is C21H22F3N3O3. The zero-order chi connectivity index (χ0) is 21.9. The van der Waals surface area contributed by atoms with Crippen molar-refractivity contribution in [3.63, 3.8) is 0 Å². The number of nitrogens with zero attached hydrogens (tertiary/aromatic N) is 2. The number of amides is 1. The lowest BCUT2D eigenvalue weighted by Crippen LogP contribution is -2.50. The number of benzene rings is 2. The van der Waals surface area contributed by atoms with E-state index in [1.807, 2.05) is 6.92 Å². The predicted octanol–water partition coefficient (Wildman–Crippen LogP) is 3.10. The van der Waals surface area contributed by atoms with Gasteiger partial charge in [-0.1, -0.05) is 12.1 Å². The quantitative estimate of drug-likeness (QED) is 0.607. The van der Waals surface area contributed by atoms with Crippen LogP contribution in [0.4, 0.5) is 24.5 Å². The molecule has 1 heterocycles. The molecule has 2 aromatic carbocycles. The van der Waals surface area contributed by atoms with Crippen molar-refractivity contribution < 1.29 is 27.5 Å². The van der Waals surface area contributed by atoms with E-state index in [1.54, 1.807) is 23.1 Å². The van der Waals surface area contributed by atoms with Gasteiger partial charge in [0, 0.05) is 37.6 Å². The van der Waals surface area contributed by atoms with Crippen molar-refractivity contribution in [3.05, 3.63) is 59.2 Å². The molecule has 0 aliphatic carbocycles. The highest BCUT2D eigenvalue weighted by molar-refractivity contribution is 5.92. The Labute approximate surface area is 172 Å². The lowest BCUT2D eigenvalue weighted by atomic mass is 10.1. The first kappa shape index (κ1) is 21.5. The number of hydrogen-bond acceptors (Lipinski definition) is 5. The first-order valence-corrected chi connectivity index (χ1v) is 9.38. The average Bonchev–Trinajstić information content (AvgIpc) is 2.73. The number of nitrogens with two attached hydrogens (primary N) is 1. The van der Waals surface area contributed by atoms with Gasteiger partial charge < -0.3 is 20.3 Å². The summed E-state index contributed by atoms with van der Waals surface area (Å²) in [7, 11) is 0. The van der Waals surface area contributed by atoms with Gasteiger partial charge in [0.2, 0.25) is 0 Å². The number of carbonyl (C=O) groups excluding carboxylic acids is 2. The molecule has 0 unspecified atom stereocenters. The summed E-state index contributed by atoms with van der Waals surface area (Å²) >= 11 is 0. The van der Waals surface area contributed by atoms with Crippen LogP contribution in [0.3, 0.4) is 0 Å². The Balaban J connectivity index is 1.52. The van der Waals surface area contributed by atoms with Crippen LogP contribution >= 0.6 is 0 Å². The van der Waals surface area contributed by atoms with Crippen LogP contribution in [-0.2, 0) is 15.7 Å². The second-order valence-electron chi connectivity index (χ2n) is 7.06. The van der Waals surface area contributed by atoms with Gasteiger partial charge in [0.05, 0.1) is 11.1 Å². The van der Waals surface area contributed by atoms with Gasteiger partial charge in [0.25, 0.3) is 5.91 Å². The number of anilines is 2. The second-order valence-corrected chi connectivity index (χ2v) is 7.06. The van der Waals surface area contributed by atoms with Gasteiger partial charge in [-0.3, -0.25) is 4.79 Å².